The van der Waals surface area contributed by atoms with Gasteiger partial charge in [0.25, 0.3) is 5.92 Å². The summed E-state index contributed by atoms with van der Waals surface area (Å²) < 4.78 is 52.8. The van der Waals surface area contributed by atoms with Crippen LogP contribution in [0.25, 0.3) is 0 Å². The number of carbonyl (C=O) groups excluding carboxylic acids is 1. The average Bonchev–Trinajstić information content (AvgIpc) is 2.29. The molecule has 2 nitrogen and oxygen atoms in total. The second-order valence-corrected chi connectivity index (χ2v) is 3.80. The second kappa shape index (κ2) is 5.48. The fraction of sp³-hybridized carbons (Fsp3) is 0.300. The van der Waals surface area contributed by atoms with E-state index in [2.05, 4.69) is 15.9 Å². The molecule has 0 aliphatic heterocycles. The minimum Gasteiger partial charge on any atom is -0.349 e. The molecule has 0 fully saturated rings. The number of alkyl halides is 3. The van der Waals surface area contributed by atoms with E-state index in [1.165, 1.54) is 0 Å². The Balaban J connectivity index is 2.88. The molecule has 0 aliphatic carbocycles. The number of carbonyl (C=O) groups is 1. The number of halogens is 5. The molecule has 0 aliphatic rings. The Bertz CT molecular complexity index is 425. The van der Waals surface area contributed by atoms with Gasteiger partial charge < -0.3 is 5.32 Å². The van der Waals surface area contributed by atoms with Gasteiger partial charge in [-0.15, -0.1) is 0 Å². The summed E-state index contributed by atoms with van der Waals surface area (Å²) in [6, 6.07) is 1.77. The van der Waals surface area contributed by atoms with Crippen LogP contribution in [0.3, 0.4) is 0 Å². The highest BCUT2D eigenvalue weighted by Gasteiger charge is 2.35. The summed E-state index contributed by atoms with van der Waals surface area (Å²) in [7, 11) is 0. The zero-order valence-corrected chi connectivity index (χ0v) is 10.0. The molecule has 0 unspecified atom stereocenters. The topological polar surface area (TPSA) is 29.1 Å². The van der Waals surface area contributed by atoms with Crippen LogP contribution in [0.4, 0.5) is 17.6 Å². The summed E-state index contributed by atoms with van der Waals surface area (Å²) in [4.78, 5) is 10.8. The van der Waals surface area contributed by atoms with E-state index in [-0.39, 0.29) is 5.33 Å². The van der Waals surface area contributed by atoms with Crippen molar-refractivity contribution >= 4 is 21.8 Å². The third-order valence-corrected chi connectivity index (χ3v) is 2.46. The Labute approximate surface area is 103 Å². The zero-order valence-electron chi connectivity index (χ0n) is 8.44. The van der Waals surface area contributed by atoms with E-state index in [9.17, 15) is 22.4 Å². The number of hydrogen-bond acceptors (Lipinski definition) is 1. The molecule has 1 rings (SSSR count). The first kappa shape index (κ1) is 14.0. The molecular weight excluding hydrogens is 306 g/mol. The Morgan fingerprint density at radius 1 is 1.35 bits per heavy atom. The Morgan fingerprint density at radius 3 is 2.59 bits per heavy atom. The van der Waals surface area contributed by atoms with Crippen LogP contribution in [0.15, 0.2) is 18.2 Å². The molecule has 0 spiro atoms. The molecule has 1 amide bonds. The smallest absolute Gasteiger partial charge is 0.293 e. The Morgan fingerprint density at radius 2 is 2.00 bits per heavy atom. The fourth-order valence-corrected chi connectivity index (χ4v) is 1.33. The lowest BCUT2D eigenvalue weighted by Crippen LogP contribution is -2.36. The zero-order chi connectivity index (χ0) is 13.1. The van der Waals surface area contributed by atoms with E-state index in [1.807, 2.05) is 5.32 Å². The van der Waals surface area contributed by atoms with Crippen molar-refractivity contribution in [3.8, 4) is 0 Å². The number of rotatable bonds is 4. The molecule has 0 saturated heterocycles. The van der Waals surface area contributed by atoms with E-state index in [0.717, 1.165) is 6.07 Å². The summed E-state index contributed by atoms with van der Waals surface area (Å²) in [6.07, 6.45) is 0. The van der Waals surface area contributed by atoms with Crippen molar-refractivity contribution < 1.29 is 22.4 Å². The van der Waals surface area contributed by atoms with Crippen LogP contribution in [-0.4, -0.2) is 17.8 Å². The van der Waals surface area contributed by atoms with E-state index < -0.39 is 35.6 Å². The van der Waals surface area contributed by atoms with Crippen molar-refractivity contribution in [2.75, 3.05) is 11.9 Å². The molecule has 0 heterocycles. The molecular formula is C10H8BrF4NO. The normalized spacial score (nSPS) is 11.4. The maximum atomic E-state index is 13.5. The van der Waals surface area contributed by atoms with Crippen molar-refractivity contribution in [1.29, 1.82) is 0 Å². The lowest BCUT2D eigenvalue weighted by molar-refractivity contribution is -0.120. The highest BCUT2D eigenvalue weighted by atomic mass is 79.9. The largest absolute Gasteiger partial charge is 0.349 e. The predicted octanol–water partition coefficient (Wildman–Crippen LogP) is 2.57. The van der Waals surface area contributed by atoms with Crippen LogP contribution in [-0.2, 0) is 10.7 Å². The third kappa shape index (κ3) is 3.69. The minimum atomic E-state index is -3.66. The van der Waals surface area contributed by atoms with Gasteiger partial charge in [-0.25, -0.2) is 8.78 Å². The number of hydrogen-bond donors (Lipinski definition) is 1. The van der Waals surface area contributed by atoms with Crippen LogP contribution in [0.5, 0.6) is 0 Å². The van der Waals surface area contributed by atoms with Crippen molar-refractivity contribution in [3.05, 3.63) is 35.4 Å². The summed E-state index contributed by atoms with van der Waals surface area (Å²) >= 11 is 2.77. The Kier molecular flexibility index (Phi) is 4.50. The average molecular weight is 314 g/mol. The maximum absolute atomic E-state index is 13.5. The molecule has 1 aromatic rings. The Hall–Kier alpha value is -1.11. The molecule has 0 aromatic heterocycles. The molecule has 1 aromatic carbocycles. The molecule has 94 valence electrons. The summed E-state index contributed by atoms with van der Waals surface area (Å²) in [5.74, 6) is -6.51. The van der Waals surface area contributed by atoms with Crippen LogP contribution in [0, 0.1) is 11.6 Å². The van der Waals surface area contributed by atoms with Crippen LogP contribution in [0.1, 0.15) is 5.56 Å². The first-order chi connectivity index (χ1) is 7.86. The molecule has 7 heteroatoms. The SMILES string of the molecule is O=C(CBr)NCC(F)(F)c1cc(F)ccc1F. The lowest BCUT2D eigenvalue weighted by atomic mass is 10.1. The molecule has 17 heavy (non-hydrogen) atoms. The molecule has 0 radical (unpaired) electrons. The molecule has 0 bridgehead atoms. The van der Waals surface area contributed by atoms with Crippen molar-refractivity contribution in [1.82, 2.24) is 5.32 Å². The van der Waals surface area contributed by atoms with Crippen LogP contribution in [0.2, 0.25) is 0 Å². The van der Waals surface area contributed by atoms with Gasteiger partial charge >= 0.3 is 0 Å². The number of nitrogens with one attached hydrogen (secondary N) is 1. The molecule has 0 atom stereocenters. The van der Waals surface area contributed by atoms with Gasteiger partial charge in [0.1, 0.15) is 11.6 Å². The van der Waals surface area contributed by atoms with Crippen molar-refractivity contribution in [2.45, 2.75) is 5.92 Å². The van der Waals surface area contributed by atoms with Crippen molar-refractivity contribution in [2.24, 2.45) is 0 Å². The van der Waals surface area contributed by atoms with Gasteiger partial charge in [-0.1, -0.05) is 15.9 Å². The maximum Gasteiger partial charge on any atom is 0.293 e. The van der Waals surface area contributed by atoms with E-state index >= 15 is 0 Å². The highest BCUT2D eigenvalue weighted by Crippen LogP contribution is 2.29. The van der Waals surface area contributed by atoms with Crippen LogP contribution < -0.4 is 5.32 Å². The summed E-state index contributed by atoms with van der Waals surface area (Å²) in [5.41, 5.74) is -1.08. The minimum absolute atomic E-state index is 0.144. The van der Waals surface area contributed by atoms with E-state index in [4.69, 9.17) is 0 Å². The van der Waals surface area contributed by atoms with Gasteiger partial charge in [-0.05, 0) is 18.2 Å². The van der Waals surface area contributed by atoms with E-state index in [0.29, 0.717) is 12.1 Å². The van der Waals surface area contributed by atoms with Gasteiger partial charge in [-0.2, -0.15) is 8.78 Å². The third-order valence-electron chi connectivity index (χ3n) is 1.95. The summed E-state index contributed by atoms with van der Waals surface area (Å²) in [6.45, 7) is -1.09. The monoisotopic (exact) mass is 313 g/mol. The standard InChI is InChI=1S/C10H8BrF4NO/c11-4-9(17)16-5-10(14,15)7-3-6(12)1-2-8(7)13/h1-3H,4-5H2,(H,16,17). The number of amides is 1. The predicted molar refractivity (Wildman–Crippen MR) is 57.1 cm³/mol. The highest BCUT2D eigenvalue weighted by molar-refractivity contribution is 9.09. The molecule has 0 saturated carbocycles. The van der Waals surface area contributed by atoms with Gasteiger partial charge in [0.05, 0.1) is 17.4 Å². The van der Waals surface area contributed by atoms with Gasteiger partial charge in [-0.3, -0.25) is 4.79 Å². The first-order valence-corrected chi connectivity index (χ1v) is 5.65. The van der Waals surface area contributed by atoms with Gasteiger partial charge in [0.15, 0.2) is 0 Å². The van der Waals surface area contributed by atoms with Crippen LogP contribution >= 0.6 is 15.9 Å². The summed E-state index contributed by atoms with van der Waals surface area (Å²) in [5, 5.41) is 1.75. The fourth-order valence-electron chi connectivity index (χ4n) is 1.13. The number of benzene rings is 1. The quantitative estimate of drug-likeness (QED) is 0.672. The first-order valence-electron chi connectivity index (χ1n) is 4.53. The second-order valence-electron chi connectivity index (χ2n) is 3.24. The van der Waals surface area contributed by atoms with Gasteiger partial charge in [0.2, 0.25) is 5.91 Å². The van der Waals surface area contributed by atoms with Crippen molar-refractivity contribution in [3.63, 3.8) is 0 Å². The van der Waals surface area contributed by atoms with Gasteiger partial charge in [0, 0.05) is 0 Å². The lowest BCUT2D eigenvalue weighted by Gasteiger charge is -2.17. The van der Waals surface area contributed by atoms with E-state index in [1.54, 1.807) is 0 Å². The molecule has 1 N–H and O–H groups in total.